The predicted molar refractivity (Wildman–Crippen MR) is 104 cm³/mol. The summed E-state index contributed by atoms with van der Waals surface area (Å²) >= 11 is 6.67. The van der Waals surface area contributed by atoms with Gasteiger partial charge in [-0.05, 0) is 46.3 Å². The Morgan fingerprint density at radius 1 is 1.24 bits per heavy atom. The third-order valence-corrected chi connectivity index (χ3v) is 4.92. The van der Waals surface area contributed by atoms with E-state index in [9.17, 15) is 9.90 Å². The van der Waals surface area contributed by atoms with E-state index in [1.165, 1.54) is 12.5 Å². The second-order valence-electron chi connectivity index (χ2n) is 5.36. The van der Waals surface area contributed by atoms with Crippen molar-refractivity contribution in [2.45, 2.75) is 0 Å². The fourth-order valence-corrected chi connectivity index (χ4v) is 3.30. The Hall–Kier alpha value is -2.45. The third-order valence-electron chi connectivity index (χ3n) is 3.79. The third kappa shape index (κ3) is 2.77. The fraction of sp³-hybridized carbons (Fsp3) is 0. The first kappa shape index (κ1) is 16.0. The molecule has 0 aliphatic heterocycles. The van der Waals surface area contributed by atoms with Crippen LogP contribution in [0.5, 0.6) is 5.75 Å². The molecule has 2 aromatic carbocycles. The summed E-state index contributed by atoms with van der Waals surface area (Å²) in [7, 11) is 0. The van der Waals surface area contributed by atoms with Crippen LogP contribution < -0.4 is 5.56 Å². The van der Waals surface area contributed by atoms with E-state index in [-0.39, 0.29) is 11.3 Å². The number of hydrogen-bond donors (Lipinski definition) is 2. The number of nitrogens with zero attached hydrogens (tertiary/aromatic N) is 3. The lowest BCUT2D eigenvalue weighted by Gasteiger charge is -2.01. The van der Waals surface area contributed by atoms with E-state index in [2.05, 4.69) is 46.9 Å². The second kappa shape index (κ2) is 6.12. The molecule has 0 amide bonds. The molecule has 0 spiro atoms. The molecular formula is C17H10Br2N4O2. The molecule has 4 aromatic rings. The number of aromatic hydroxyl groups is 1. The number of aromatic nitrogens is 3. The molecular weight excluding hydrogens is 452 g/mol. The van der Waals surface area contributed by atoms with Gasteiger partial charge in [-0.15, -0.1) is 0 Å². The molecule has 0 aliphatic carbocycles. The van der Waals surface area contributed by atoms with E-state index in [1.807, 2.05) is 18.2 Å². The number of nitrogens with one attached hydrogen (secondary N) is 1. The Kier molecular flexibility index (Phi) is 3.93. The molecule has 2 aromatic heterocycles. The highest BCUT2D eigenvalue weighted by atomic mass is 79.9. The van der Waals surface area contributed by atoms with Crippen molar-refractivity contribution in [1.29, 1.82) is 0 Å². The summed E-state index contributed by atoms with van der Waals surface area (Å²) in [5, 5.41) is 15.0. The molecule has 124 valence electrons. The second-order valence-corrected chi connectivity index (χ2v) is 7.13. The number of rotatable bonds is 2. The first-order chi connectivity index (χ1) is 12.0. The molecule has 0 saturated heterocycles. The van der Waals surface area contributed by atoms with E-state index in [0.717, 1.165) is 20.1 Å². The highest BCUT2D eigenvalue weighted by Gasteiger charge is 2.11. The monoisotopic (exact) mass is 460 g/mol. The van der Waals surface area contributed by atoms with Crippen molar-refractivity contribution in [3.8, 4) is 5.75 Å². The minimum absolute atomic E-state index is 0.0591. The van der Waals surface area contributed by atoms with E-state index < -0.39 is 0 Å². The Bertz CT molecular complexity index is 1210. The van der Waals surface area contributed by atoms with Gasteiger partial charge in [0.2, 0.25) is 0 Å². The number of hydrogen-bond acceptors (Lipinski definition) is 4. The van der Waals surface area contributed by atoms with Gasteiger partial charge in [-0.1, -0.05) is 22.0 Å². The summed E-state index contributed by atoms with van der Waals surface area (Å²) in [5.74, 6) is 0.0591. The van der Waals surface area contributed by atoms with Gasteiger partial charge in [0.1, 0.15) is 23.1 Å². The average Bonchev–Trinajstić information content (AvgIpc) is 2.96. The minimum atomic E-state index is -0.317. The summed E-state index contributed by atoms with van der Waals surface area (Å²) in [4.78, 5) is 20.1. The number of phenols is 1. The fourth-order valence-electron chi connectivity index (χ4n) is 2.56. The van der Waals surface area contributed by atoms with Gasteiger partial charge in [0.25, 0.3) is 5.56 Å². The zero-order valence-electron chi connectivity index (χ0n) is 12.6. The lowest BCUT2D eigenvalue weighted by Crippen LogP contribution is -2.17. The maximum absolute atomic E-state index is 12.7. The highest BCUT2D eigenvalue weighted by molar-refractivity contribution is 9.10. The van der Waals surface area contributed by atoms with Gasteiger partial charge in [0, 0.05) is 20.9 Å². The maximum Gasteiger partial charge on any atom is 0.298 e. The Labute approximate surface area is 158 Å². The summed E-state index contributed by atoms with van der Waals surface area (Å²) in [6.45, 7) is 0. The van der Waals surface area contributed by atoms with Crippen molar-refractivity contribution >= 4 is 60.0 Å². The summed E-state index contributed by atoms with van der Waals surface area (Å²) in [5.41, 5.74) is 1.98. The summed E-state index contributed by atoms with van der Waals surface area (Å²) in [6, 6.07) is 10.9. The smallest absolute Gasteiger partial charge is 0.298 e. The van der Waals surface area contributed by atoms with Crippen molar-refractivity contribution in [3.63, 3.8) is 0 Å². The Morgan fingerprint density at radius 3 is 2.92 bits per heavy atom. The molecule has 0 unspecified atom stereocenters. The van der Waals surface area contributed by atoms with E-state index >= 15 is 0 Å². The van der Waals surface area contributed by atoms with Crippen LogP contribution in [0.2, 0.25) is 0 Å². The number of H-pyrrole nitrogens is 1. The average molecular weight is 462 g/mol. The molecule has 0 atom stereocenters. The van der Waals surface area contributed by atoms with Crippen LogP contribution in [0.15, 0.2) is 61.6 Å². The van der Waals surface area contributed by atoms with Crippen molar-refractivity contribution in [3.05, 3.63) is 67.6 Å². The van der Waals surface area contributed by atoms with Crippen LogP contribution in [0.3, 0.4) is 0 Å². The normalized spacial score (nSPS) is 11.8. The van der Waals surface area contributed by atoms with Gasteiger partial charge in [-0.2, -0.15) is 9.78 Å². The van der Waals surface area contributed by atoms with E-state index in [4.69, 9.17) is 0 Å². The minimum Gasteiger partial charge on any atom is -0.506 e. The Morgan fingerprint density at radius 2 is 2.08 bits per heavy atom. The van der Waals surface area contributed by atoms with Crippen molar-refractivity contribution in [1.82, 2.24) is 14.6 Å². The topological polar surface area (TPSA) is 83.3 Å². The molecule has 0 bridgehead atoms. The molecule has 0 radical (unpaired) electrons. The Balaban J connectivity index is 1.85. The van der Waals surface area contributed by atoms with Crippen LogP contribution in [0.1, 0.15) is 5.56 Å². The molecule has 0 fully saturated rings. The van der Waals surface area contributed by atoms with E-state index in [1.54, 1.807) is 18.2 Å². The van der Waals surface area contributed by atoms with Crippen LogP contribution in [0.25, 0.3) is 21.9 Å². The number of halogens is 2. The standard InChI is InChI=1S/C17H10Br2N4O2/c18-10-4-5-13-11(6-10)14-15(22-13)17(25)23(8-20-14)21-7-9-2-1-3-12(19)16(9)24/h1-8,22,24H. The van der Waals surface area contributed by atoms with Crippen molar-refractivity contribution in [2.24, 2.45) is 5.10 Å². The first-order valence-corrected chi connectivity index (χ1v) is 8.83. The van der Waals surface area contributed by atoms with Crippen LogP contribution in [-0.4, -0.2) is 26.0 Å². The largest absolute Gasteiger partial charge is 0.506 e. The lowest BCUT2D eigenvalue weighted by molar-refractivity contribution is 0.471. The molecule has 8 heteroatoms. The number of phenolic OH excluding ortho intramolecular Hbond substituents is 1. The van der Waals surface area contributed by atoms with Crippen LogP contribution in [0, 0.1) is 0 Å². The number of fused-ring (bicyclic) bond motifs is 3. The molecule has 2 heterocycles. The van der Waals surface area contributed by atoms with E-state index in [0.29, 0.717) is 21.1 Å². The molecule has 2 N–H and O–H groups in total. The molecule has 25 heavy (non-hydrogen) atoms. The zero-order valence-corrected chi connectivity index (χ0v) is 15.7. The lowest BCUT2D eigenvalue weighted by atomic mass is 10.2. The van der Waals surface area contributed by atoms with Crippen LogP contribution in [0.4, 0.5) is 0 Å². The number of para-hydroxylation sites is 1. The number of benzene rings is 2. The van der Waals surface area contributed by atoms with Crippen molar-refractivity contribution < 1.29 is 5.11 Å². The zero-order chi connectivity index (χ0) is 17.6. The summed E-state index contributed by atoms with van der Waals surface area (Å²) < 4.78 is 2.60. The highest BCUT2D eigenvalue weighted by Crippen LogP contribution is 2.26. The van der Waals surface area contributed by atoms with Gasteiger partial charge in [-0.3, -0.25) is 4.79 Å². The van der Waals surface area contributed by atoms with Crippen LogP contribution in [-0.2, 0) is 0 Å². The summed E-state index contributed by atoms with van der Waals surface area (Å²) in [6.07, 6.45) is 2.78. The maximum atomic E-state index is 12.7. The predicted octanol–water partition coefficient (Wildman–Crippen LogP) is 3.99. The van der Waals surface area contributed by atoms with Crippen LogP contribution >= 0.6 is 31.9 Å². The number of aromatic amines is 1. The van der Waals surface area contributed by atoms with Gasteiger partial charge < -0.3 is 10.1 Å². The molecule has 4 rings (SSSR count). The first-order valence-electron chi connectivity index (χ1n) is 7.25. The van der Waals surface area contributed by atoms with Gasteiger partial charge in [-0.25, -0.2) is 4.98 Å². The SMILES string of the molecule is O=c1c2[nH]c3ccc(Br)cc3c2ncn1N=Cc1cccc(Br)c1O. The molecule has 0 saturated carbocycles. The molecule has 6 nitrogen and oxygen atoms in total. The van der Waals surface area contributed by atoms with Gasteiger partial charge >= 0.3 is 0 Å². The quantitative estimate of drug-likeness (QED) is 0.442. The van der Waals surface area contributed by atoms with Gasteiger partial charge in [0.05, 0.1) is 10.7 Å². The van der Waals surface area contributed by atoms with Crippen molar-refractivity contribution in [2.75, 3.05) is 0 Å². The molecule has 0 aliphatic rings. The van der Waals surface area contributed by atoms with Gasteiger partial charge in [0.15, 0.2) is 0 Å².